The largest absolute Gasteiger partial charge is 0.475 e. The van der Waals surface area contributed by atoms with Gasteiger partial charge in [0.15, 0.2) is 0 Å². The average Bonchev–Trinajstić information content (AvgIpc) is 2.92. The molecule has 0 spiro atoms. The van der Waals surface area contributed by atoms with Crippen molar-refractivity contribution in [2.75, 3.05) is 11.3 Å². The highest BCUT2D eigenvalue weighted by Gasteiger charge is 2.32. The van der Waals surface area contributed by atoms with Crippen LogP contribution >= 0.6 is 0 Å². The van der Waals surface area contributed by atoms with Gasteiger partial charge in [0.05, 0.1) is 40.8 Å². The third-order valence-corrected chi connectivity index (χ3v) is 8.49. The molecular weight excluding hydrogens is 564 g/mol. The van der Waals surface area contributed by atoms with Crippen molar-refractivity contribution in [1.82, 2.24) is 24.8 Å². The second-order valence-electron chi connectivity index (χ2n) is 12.1. The first-order valence-electron chi connectivity index (χ1n) is 14.1. The number of fused-ring (bicyclic) bond motifs is 4. The van der Waals surface area contributed by atoms with Gasteiger partial charge >= 0.3 is 0 Å². The summed E-state index contributed by atoms with van der Waals surface area (Å²) in [4.78, 5) is 33.7. The van der Waals surface area contributed by atoms with Crippen molar-refractivity contribution in [1.29, 1.82) is 0 Å². The van der Waals surface area contributed by atoms with E-state index in [4.69, 9.17) is 4.74 Å². The Morgan fingerprint density at radius 3 is 2.40 bits per heavy atom. The maximum Gasteiger partial charge on any atom is 0.264 e. The lowest BCUT2D eigenvalue weighted by Gasteiger charge is -2.35. The monoisotopic (exact) mass is 600 g/mol. The van der Waals surface area contributed by atoms with E-state index < -0.39 is 16.1 Å². The minimum atomic E-state index is -4.15. The number of hydrogen-bond donors (Lipinski definition) is 1. The van der Waals surface area contributed by atoms with Gasteiger partial charge in [0.2, 0.25) is 11.8 Å². The summed E-state index contributed by atoms with van der Waals surface area (Å²) in [6.07, 6.45) is 3.88. The highest BCUT2D eigenvalue weighted by molar-refractivity contribution is 7.92. The molecule has 224 valence electrons. The van der Waals surface area contributed by atoms with Crippen LogP contribution in [0.3, 0.4) is 0 Å². The third-order valence-electron chi connectivity index (χ3n) is 7.17. The number of hydrogen-bond acceptors (Lipinski definition) is 8. The van der Waals surface area contributed by atoms with Crippen LogP contribution in [0.15, 0.2) is 65.8 Å². The van der Waals surface area contributed by atoms with Gasteiger partial charge in [0.1, 0.15) is 6.61 Å². The molecule has 3 heterocycles. The zero-order chi connectivity index (χ0) is 30.9. The third kappa shape index (κ3) is 6.99. The first-order chi connectivity index (χ1) is 20.3. The number of carbonyl (C=O) groups excluding carboxylic acids is 1. The van der Waals surface area contributed by atoms with Crippen LogP contribution in [0.2, 0.25) is 0 Å². The predicted octanol–water partition coefficient (Wildman–Crippen LogP) is 5.50. The number of anilines is 1. The number of sulfonamides is 1. The molecule has 0 saturated heterocycles. The Hall–Kier alpha value is -4.38. The van der Waals surface area contributed by atoms with E-state index in [1.54, 1.807) is 35.5 Å². The number of aromatic nitrogens is 4. The molecule has 0 aliphatic carbocycles. The fraction of sp³-hybridized carbons (Fsp3) is 0.344. The highest BCUT2D eigenvalue weighted by atomic mass is 32.2. The van der Waals surface area contributed by atoms with Crippen molar-refractivity contribution in [3.63, 3.8) is 0 Å². The molecule has 1 atom stereocenters. The van der Waals surface area contributed by atoms with Gasteiger partial charge in [-0.05, 0) is 61.9 Å². The predicted molar refractivity (Wildman–Crippen MR) is 164 cm³/mol. The van der Waals surface area contributed by atoms with E-state index in [-0.39, 0.29) is 46.8 Å². The first-order valence-corrected chi connectivity index (χ1v) is 15.6. The van der Waals surface area contributed by atoms with Gasteiger partial charge in [0.25, 0.3) is 15.9 Å². The number of nitrogens with one attached hydrogen (secondary N) is 1. The molecule has 0 fully saturated rings. The number of ether oxygens (including phenoxy) is 1. The lowest BCUT2D eigenvalue weighted by molar-refractivity contribution is 0.0509. The van der Waals surface area contributed by atoms with Crippen LogP contribution in [0.5, 0.6) is 5.88 Å². The Morgan fingerprint density at radius 1 is 0.977 bits per heavy atom. The zero-order valence-electron chi connectivity index (χ0n) is 25.2. The van der Waals surface area contributed by atoms with E-state index >= 15 is 0 Å². The summed E-state index contributed by atoms with van der Waals surface area (Å²) in [5, 5.41) is 0. The average molecular weight is 601 g/mol. The van der Waals surface area contributed by atoms with Crippen molar-refractivity contribution >= 4 is 21.9 Å². The number of benzene rings is 2. The Morgan fingerprint density at radius 2 is 1.70 bits per heavy atom. The van der Waals surface area contributed by atoms with Crippen molar-refractivity contribution < 1.29 is 17.9 Å². The maximum atomic E-state index is 14.2. The second-order valence-corrected chi connectivity index (χ2v) is 13.8. The Kier molecular flexibility index (Phi) is 8.20. The second kappa shape index (κ2) is 11.7. The van der Waals surface area contributed by atoms with Crippen LogP contribution in [0.25, 0.3) is 11.3 Å². The molecule has 2 aromatic carbocycles. The molecule has 1 N–H and O–H groups in total. The molecule has 4 aromatic rings. The van der Waals surface area contributed by atoms with E-state index in [0.29, 0.717) is 17.8 Å². The summed E-state index contributed by atoms with van der Waals surface area (Å²) in [6.45, 7) is 12.4. The van der Waals surface area contributed by atoms with Gasteiger partial charge in [-0.25, -0.2) is 18.1 Å². The fourth-order valence-corrected chi connectivity index (χ4v) is 6.30. The zero-order valence-corrected chi connectivity index (χ0v) is 26.1. The summed E-state index contributed by atoms with van der Waals surface area (Å²) < 4.78 is 35.9. The lowest BCUT2D eigenvalue weighted by atomic mass is 9.87. The van der Waals surface area contributed by atoms with Crippen LogP contribution in [0.4, 0.5) is 5.95 Å². The summed E-state index contributed by atoms with van der Waals surface area (Å²) in [6, 6.07) is 13.2. The smallest absolute Gasteiger partial charge is 0.264 e. The van der Waals surface area contributed by atoms with E-state index in [0.717, 1.165) is 22.4 Å². The number of aryl methyl sites for hydroxylation is 3. The summed E-state index contributed by atoms with van der Waals surface area (Å²) >= 11 is 0. The van der Waals surface area contributed by atoms with Crippen molar-refractivity contribution in [2.24, 2.45) is 5.41 Å². The Bertz CT molecular complexity index is 1760. The van der Waals surface area contributed by atoms with Crippen molar-refractivity contribution in [3.05, 3.63) is 89.0 Å². The minimum Gasteiger partial charge on any atom is -0.475 e. The molecule has 43 heavy (non-hydrogen) atoms. The number of rotatable bonds is 4. The van der Waals surface area contributed by atoms with Crippen LogP contribution < -0.4 is 9.46 Å². The van der Waals surface area contributed by atoms with Crippen molar-refractivity contribution in [2.45, 2.75) is 65.4 Å². The first kappa shape index (κ1) is 30.1. The summed E-state index contributed by atoms with van der Waals surface area (Å²) in [5.74, 6) is -0.269. The quantitative estimate of drug-likeness (QED) is 0.325. The van der Waals surface area contributed by atoms with Gasteiger partial charge in [0, 0.05) is 23.4 Å². The van der Waals surface area contributed by atoms with E-state index in [9.17, 15) is 13.2 Å². The Labute approximate surface area is 252 Å². The van der Waals surface area contributed by atoms with Gasteiger partial charge in [-0.3, -0.25) is 14.8 Å². The molecule has 1 aliphatic rings. The van der Waals surface area contributed by atoms with Crippen LogP contribution in [0, 0.1) is 26.2 Å². The fourth-order valence-electron chi connectivity index (χ4n) is 5.31. The van der Waals surface area contributed by atoms with E-state index in [1.165, 1.54) is 12.1 Å². The van der Waals surface area contributed by atoms with Crippen molar-refractivity contribution in [3.8, 4) is 17.1 Å². The minimum absolute atomic E-state index is 0.0798. The van der Waals surface area contributed by atoms with Gasteiger partial charge in [-0.2, -0.15) is 4.98 Å². The lowest BCUT2D eigenvalue weighted by Crippen LogP contribution is -2.45. The van der Waals surface area contributed by atoms with Crippen LogP contribution in [0.1, 0.15) is 60.1 Å². The normalized spacial score (nSPS) is 16.7. The molecule has 5 rings (SSSR count). The van der Waals surface area contributed by atoms with Gasteiger partial charge in [-0.1, -0.05) is 45.0 Å². The topological polar surface area (TPSA) is 127 Å². The molecule has 1 aliphatic heterocycles. The Balaban J connectivity index is 1.68. The summed E-state index contributed by atoms with van der Waals surface area (Å²) in [5.41, 5.74) is 4.74. The molecule has 1 amide bonds. The maximum absolute atomic E-state index is 14.2. The number of carbonyl (C=O) groups is 1. The van der Waals surface area contributed by atoms with Gasteiger partial charge < -0.3 is 9.64 Å². The molecule has 0 unspecified atom stereocenters. The molecule has 4 bridgehead atoms. The molecule has 11 heteroatoms. The number of amides is 1. The molecule has 10 nitrogen and oxygen atoms in total. The molecule has 0 saturated carbocycles. The summed E-state index contributed by atoms with van der Waals surface area (Å²) in [7, 11) is -4.15. The van der Waals surface area contributed by atoms with Gasteiger partial charge in [-0.15, -0.1) is 0 Å². The van der Waals surface area contributed by atoms with Crippen LogP contribution in [-0.2, 0) is 16.6 Å². The molecular formula is C32H36N6O4S. The molecule has 0 radical (unpaired) electrons. The van der Waals surface area contributed by atoms with E-state index in [1.807, 2.05) is 39.0 Å². The molecule has 2 aromatic heterocycles. The van der Waals surface area contributed by atoms with Crippen LogP contribution in [-0.4, -0.2) is 51.8 Å². The highest BCUT2D eigenvalue weighted by Crippen LogP contribution is 2.31. The van der Waals surface area contributed by atoms with E-state index in [2.05, 4.69) is 45.4 Å². The number of nitrogens with zero attached hydrogens (tertiary/aromatic N) is 5. The SMILES string of the molecule is Cc1cncc(CN2C(=O)c3cccc(c3)S(=O)(=O)Nc3nc(cc(-c4c(C)cccc4C)n3)OC[C@H]2CC(C)(C)C)n1. The standard InChI is InChI=1S/C32H36N6O4S/c1-20-9-7-10-21(2)29(20)27-14-28-36-31(35-27)37-43(40,41)26-12-8-11-23(13-26)30(39)38(18-24-17-33-16-22(3)34-24)25(19-42-28)15-32(4,5)6/h7-14,16-17,25H,15,18-19H2,1-6H3,(H,35,36,37)/t25-/m1/s1.